The molecule has 0 atom stereocenters. The highest BCUT2D eigenvalue weighted by Gasteiger charge is 2.16. The number of ether oxygens (including phenoxy) is 1. The summed E-state index contributed by atoms with van der Waals surface area (Å²) in [7, 11) is 0. The molecule has 94 valence electrons. The van der Waals surface area contributed by atoms with Crippen molar-refractivity contribution in [3.63, 3.8) is 0 Å². The fourth-order valence-corrected chi connectivity index (χ4v) is 2.84. The Morgan fingerprint density at radius 3 is 3.11 bits per heavy atom. The van der Waals surface area contributed by atoms with Gasteiger partial charge in [-0.05, 0) is 29.3 Å². The Kier molecular flexibility index (Phi) is 3.39. The van der Waals surface area contributed by atoms with Crippen molar-refractivity contribution in [2.75, 3.05) is 6.61 Å². The van der Waals surface area contributed by atoms with Crippen molar-refractivity contribution in [2.45, 2.75) is 19.5 Å². The van der Waals surface area contributed by atoms with Gasteiger partial charge in [0.1, 0.15) is 5.75 Å². The summed E-state index contributed by atoms with van der Waals surface area (Å²) in [6.45, 7) is 2.49. The molecule has 3 nitrogen and oxygen atoms in total. The van der Waals surface area contributed by atoms with Crippen molar-refractivity contribution in [2.24, 2.45) is 0 Å². The van der Waals surface area contributed by atoms with E-state index in [4.69, 9.17) is 4.74 Å². The lowest BCUT2D eigenvalue weighted by Gasteiger charge is -2.10. The Morgan fingerprint density at radius 1 is 1.33 bits per heavy atom. The normalized spacial score (nSPS) is 13.4. The lowest BCUT2D eigenvalue weighted by molar-refractivity contribution is 0.352. The highest BCUT2D eigenvalue weighted by atomic mass is 79.9. The van der Waals surface area contributed by atoms with Crippen LogP contribution in [0.15, 0.2) is 35.1 Å². The number of fused-ring (bicyclic) bond motifs is 1. The molecule has 18 heavy (non-hydrogen) atoms. The van der Waals surface area contributed by atoms with Crippen LogP contribution < -0.4 is 10.1 Å². The average Bonchev–Trinajstić information content (AvgIpc) is 2.98. The van der Waals surface area contributed by atoms with Crippen LogP contribution in [0.4, 0.5) is 0 Å². The summed E-state index contributed by atoms with van der Waals surface area (Å²) in [6, 6.07) is 6.36. The molecule has 0 aliphatic carbocycles. The highest BCUT2D eigenvalue weighted by Crippen LogP contribution is 2.32. The average molecular weight is 307 g/mol. The Labute approximate surface area is 115 Å². The number of rotatable bonds is 4. The van der Waals surface area contributed by atoms with Crippen molar-refractivity contribution in [1.29, 1.82) is 0 Å². The third kappa shape index (κ3) is 2.44. The molecule has 0 unspecified atom stereocenters. The smallest absolute Gasteiger partial charge is 0.127 e. The van der Waals surface area contributed by atoms with Gasteiger partial charge in [-0.1, -0.05) is 15.9 Å². The zero-order chi connectivity index (χ0) is 12.4. The molecule has 2 N–H and O–H groups in total. The van der Waals surface area contributed by atoms with Crippen LogP contribution in [-0.2, 0) is 19.5 Å². The first kappa shape index (κ1) is 11.8. The minimum atomic E-state index is 0.802. The van der Waals surface area contributed by atoms with E-state index in [-0.39, 0.29) is 0 Å². The van der Waals surface area contributed by atoms with Crippen molar-refractivity contribution >= 4 is 15.9 Å². The SMILES string of the molecule is Brc1cc2c(c(CNCc3cc[nH]c3)c1)OCC2. The van der Waals surface area contributed by atoms with Gasteiger partial charge in [-0.2, -0.15) is 0 Å². The highest BCUT2D eigenvalue weighted by molar-refractivity contribution is 9.10. The zero-order valence-electron chi connectivity index (χ0n) is 10.0. The molecule has 0 radical (unpaired) electrons. The molecule has 0 amide bonds. The van der Waals surface area contributed by atoms with E-state index in [0.717, 1.165) is 36.3 Å². The van der Waals surface area contributed by atoms with Crippen LogP contribution in [-0.4, -0.2) is 11.6 Å². The summed E-state index contributed by atoms with van der Waals surface area (Å²) in [4.78, 5) is 3.06. The zero-order valence-corrected chi connectivity index (χ0v) is 11.6. The molecule has 0 saturated carbocycles. The topological polar surface area (TPSA) is 37.0 Å². The van der Waals surface area contributed by atoms with E-state index in [0.29, 0.717) is 0 Å². The van der Waals surface area contributed by atoms with Crippen LogP contribution in [0.3, 0.4) is 0 Å². The summed E-state index contributed by atoms with van der Waals surface area (Å²) in [5.41, 5.74) is 3.80. The van der Waals surface area contributed by atoms with Crippen molar-refractivity contribution in [3.05, 3.63) is 51.8 Å². The molecule has 0 spiro atoms. The molecule has 1 aliphatic heterocycles. The first-order chi connectivity index (χ1) is 8.83. The largest absolute Gasteiger partial charge is 0.493 e. The van der Waals surface area contributed by atoms with Gasteiger partial charge in [0, 0.05) is 41.9 Å². The van der Waals surface area contributed by atoms with E-state index in [1.165, 1.54) is 16.7 Å². The lowest BCUT2D eigenvalue weighted by Crippen LogP contribution is -2.12. The van der Waals surface area contributed by atoms with Gasteiger partial charge >= 0.3 is 0 Å². The van der Waals surface area contributed by atoms with Gasteiger partial charge in [-0.3, -0.25) is 0 Å². The standard InChI is InChI=1S/C14H15BrN2O/c15-13-5-11-2-4-18-14(11)12(6-13)9-17-8-10-1-3-16-7-10/h1,3,5-7,16-17H,2,4,8-9H2. The molecule has 4 heteroatoms. The summed E-state index contributed by atoms with van der Waals surface area (Å²) >= 11 is 3.56. The third-order valence-electron chi connectivity index (χ3n) is 3.13. The van der Waals surface area contributed by atoms with E-state index in [9.17, 15) is 0 Å². The fraction of sp³-hybridized carbons (Fsp3) is 0.286. The van der Waals surface area contributed by atoms with Crippen LogP contribution >= 0.6 is 15.9 Å². The number of hydrogen-bond donors (Lipinski definition) is 2. The molecule has 0 saturated heterocycles. The number of benzene rings is 1. The maximum Gasteiger partial charge on any atom is 0.127 e. The van der Waals surface area contributed by atoms with Gasteiger partial charge < -0.3 is 15.0 Å². The maximum atomic E-state index is 5.71. The van der Waals surface area contributed by atoms with Gasteiger partial charge in [0.05, 0.1) is 6.61 Å². The predicted molar refractivity (Wildman–Crippen MR) is 74.7 cm³/mol. The van der Waals surface area contributed by atoms with E-state index in [2.05, 4.69) is 44.4 Å². The van der Waals surface area contributed by atoms with Crippen molar-refractivity contribution < 1.29 is 4.74 Å². The number of nitrogens with one attached hydrogen (secondary N) is 2. The molecule has 0 bridgehead atoms. The van der Waals surface area contributed by atoms with Crippen LogP contribution in [0.5, 0.6) is 5.75 Å². The first-order valence-electron chi connectivity index (χ1n) is 6.09. The second-order valence-electron chi connectivity index (χ2n) is 4.47. The third-order valence-corrected chi connectivity index (χ3v) is 3.59. The van der Waals surface area contributed by atoms with E-state index in [1.807, 2.05) is 12.4 Å². The van der Waals surface area contributed by atoms with Gasteiger partial charge in [0.25, 0.3) is 0 Å². The second-order valence-corrected chi connectivity index (χ2v) is 5.39. The molecule has 1 aromatic carbocycles. The van der Waals surface area contributed by atoms with Crippen LogP contribution in [0.1, 0.15) is 16.7 Å². The molecule has 1 aromatic heterocycles. The predicted octanol–water partition coefficient (Wildman–Crippen LogP) is 3.00. The quantitative estimate of drug-likeness (QED) is 0.911. The number of aromatic nitrogens is 1. The molecule has 1 aliphatic rings. The van der Waals surface area contributed by atoms with Crippen molar-refractivity contribution in [3.8, 4) is 5.75 Å². The Bertz CT molecular complexity index is 537. The van der Waals surface area contributed by atoms with Crippen molar-refractivity contribution in [1.82, 2.24) is 10.3 Å². The van der Waals surface area contributed by atoms with Gasteiger partial charge in [0.15, 0.2) is 0 Å². The molecule has 0 fully saturated rings. The summed E-state index contributed by atoms with van der Waals surface area (Å²) in [6.07, 6.45) is 4.96. The molecule has 3 rings (SSSR count). The van der Waals surface area contributed by atoms with E-state index < -0.39 is 0 Å². The number of hydrogen-bond acceptors (Lipinski definition) is 2. The Balaban J connectivity index is 1.69. The Morgan fingerprint density at radius 2 is 2.28 bits per heavy atom. The number of halogens is 1. The summed E-state index contributed by atoms with van der Waals surface area (Å²) in [5, 5.41) is 3.44. The maximum absolute atomic E-state index is 5.71. The fourth-order valence-electron chi connectivity index (χ4n) is 2.29. The molecule has 2 aromatic rings. The van der Waals surface area contributed by atoms with Crippen LogP contribution in [0, 0.1) is 0 Å². The molecule has 2 heterocycles. The minimum Gasteiger partial charge on any atom is -0.493 e. The molecular weight excluding hydrogens is 292 g/mol. The van der Waals surface area contributed by atoms with E-state index >= 15 is 0 Å². The van der Waals surface area contributed by atoms with E-state index in [1.54, 1.807) is 0 Å². The van der Waals surface area contributed by atoms with Gasteiger partial charge in [0.2, 0.25) is 0 Å². The van der Waals surface area contributed by atoms with Gasteiger partial charge in [-0.15, -0.1) is 0 Å². The number of H-pyrrole nitrogens is 1. The second kappa shape index (κ2) is 5.16. The molecular formula is C14H15BrN2O. The summed E-state index contributed by atoms with van der Waals surface area (Å²) in [5.74, 6) is 1.07. The Hall–Kier alpha value is -1.26. The summed E-state index contributed by atoms with van der Waals surface area (Å²) < 4.78 is 6.84. The van der Waals surface area contributed by atoms with Gasteiger partial charge in [-0.25, -0.2) is 0 Å². The van der Waals surface area contributed by atoms with Crippen LogP contribution in [0.25, 0.3) is 0 Å². The monoisotopic (exact) mass is 306 g/mol. The lowest BCUT2D eigenvalue weighted by atomic mass is 10.1. The van der Waals surface area contributed by atoms with Crippen LogP contribution in [0.2, 0.25) is 0 Å². The minimum absolute atomic E-state index is 0.802. The first-order valence-corrected chi connectivity index (χ1v) is 6.89. The number of aromatic amines is 1.